The Hall–Kier alpha value is -3.36. The van der Waals surface area contributed by atoms with Gasteiger partial charge in [-0.25, -0.2) is 9.98 Å². The number of hydrogen-bond donors (Lipinski definition) is 0. The molecule has 180 valence electrons. The Morgan fingerprint density at radius 3 is 1.94 bits per heavy atom. The molecule has 0 amide bonds. The summed E-state index contributed by atoms with van der Waals surface area (Å²) < 4.78 is 0. The van der Waals surface area contributed by atoms with Crippen LogP contribution in [0, 0.1) is 11.8 Å². The van der Waals surface area contributed by atoms with Gasteiger partial charge in [-0.3, -0.25) is 9.59 Å². The van der Waals surface area contributed by atoms with Crippen molar-refractivity contribution in [3.63, 3.8) is 0 Å². The minimum Gasteiger partial charge on any atom is -0.293 e. The van der Waals surface area contributed by atoms with Crippen LogP contribution < -0.4 is 0 Å². The monoisotopic (exact) mass is 512 g/mol. The number of allylic oxidation sites excluding steroid dienone is 2. The number of ketones is 2. The van der Waals surface area contributed by atoms with E-state index in [1.54, 1.807) is 12.2 Å². The highest BCUT2D eigenvalue weighted by Crippen LogP contribution is 2.40. The largest absolute Gasteiger partial charge is 0.293 e. The molecule has 0 aromatic heterocycles. The summed E-state index contributed by atoms with van der Waals surface area (Å²) in [6.07, 6.45) is 7.20. The minimum absolute atomic E-state index is 0.0540. The highest BCUT2D eigenvalue weighted by atomic mass is 32.2. The van der Waals surface area contributed by atoms with E-state index in [1.165, 1.54) is 23.5 Å². The number of carbonyl (C=O) groups excluding carboxylic acids is 2. The van der Waals surface area contributed by atoms with Crippen LogP contribution in [-0.2, 0) is 0 Å². The van der Waals surface area contributed by atoms with Gasteiger partial charge in [0.25, 0.3) is 0 Å². The van der Waals surface area contributed by atoms with Gasteiger partial charge >= 0.3 is 0 Å². The maximum atomic E-state index is 13.1. The first kappa shape index (κ1) is 24.3. The normalized spacial score (nSPS) is 22.7. The number of hydrogen-bond acceptors (Lipinski definition) is 8. The molecule has 3 aliphatic rings. The molecule has 3 aliphatic heterocycles. The second-order valence-corrected chi connectivity index (χ2v) is 10.7. The van der Waals surface area contributed by atoms with Gasteiger partial charge in [0.2, 0.25) is 0 Å². The maximum Gasteiger partial charge on any atom is 0.174 e. The Bertz CT molecular complexity index is 1380. The predicted molar refractivity (Wildman–Crippen MR) is 149 cm³/mol. The van der Waals surface area contributed by atoms with Crippen LogP contribution in [0.5, 0.6) is 0 Å². The molecule has 0 fully saturated rings. The van der Waals surface area contributed by atoms with Crippen LogP contribution in [-0.4, -0.2) is 27.0 Å². The highest BCUT2D eigenvalue weighted by molar-refractivity contribution is 8.17. The molecule has 6 nitrogen and oxygen atoms in total. The fourth-order valence-electron chi connectivity index (χ4n) is 4.29. The van der Waals surface area contributed by atoms with E-state index in [2.05, 4.69) is 23.4 Å². The number of Topliss-reactive ketones (excluding diaryl/α,β-unsaturated/α-hetero) is 2. The number of rotatable bonds is 6. The molecule has 3 heterocycles. The zero-order valence-corrected chi connectivity index (χ0v) is 21.2. The van der Waals surface area contributed by atoms with Gasteiger partial charge in [0.1, 0.15) is 10.4 Å². The van der Waals surface area contributed by atoms with E-state index in [4.69, 9.17) is 9.98 Å². The van der Waals surface area contributed by atoms with E-state index in [0.29, 0.717) is 51.8 Å². The van der Waals surface area contributed by atoms with Crippen molar-refractivity contribution in [2.75, 3.05) is 0 Å². The van der Waals surface area contributed by atoms with Crippen LogP contribution in [0.3, 0.4) is 0 Å². The number of thioether (sulfide) groups is 2. The van der Waals surface area contributed by atoms with Gasteiger partial charge in [0.15, 0.2) is 11.6 Å². The van der Waals surface area contributed by atoms with Gasteiger partial charge in [-0.05, 0) is 43.2 Å². The molecular formula is C28H24N4O2S2. The number of para-hydroxylation sites is 2. The number of benzene rings is 2. The van der Waals surface area contributed by atoms with Gasteiger partial charge in [0.05, 0.1) is 33.3 Å². The Morgan fingerprint density at radius 2 is 1.39 bits per heavy atom. The third-order valence-corrected chi connectivity index (χ3v) is 8.30. The molecular weight excluding hydrogens is 488 g/mol. The summed E-state index contributed by atoms with van der Waals surface area (Å²) in [6, 6.07) is 14.8. The lowest BCUT2D eigenvalue weighted by atomic mass is 9.92. The Labute approximate surface area is 218 Å². The van der Waals surface area contributed by atoms with E-state index in [-0.39, 0.29) is 28.8 Å². The lowest BCUT2D eigenvalue weighted by molar-refractivity contribution is 0.0947. The molecule has 0 saturated heterocycles. The molecule has 36 heavy (non-hydrogen) atoms. The topological polar surface area (TPSA) is 83.6 Å². The van der Waals surface area contributed by atoms with Crippen LogP contribution in [0.4, 0.5) is 11.4 Å². The van der Waals surface area contributed by atoms with Gasteiger partial charge in [0, 0.05) is 17.5 Å². The highest BCUT2D eigenvalue weighted by Gasteiger charge is 2.34. The second kappa shape index (κ2) is 10.7. The van der Waals surface area contributed by atoms with E-state index in [1.807, 2.05) is 54.6 Å². The number of nitrogens with zero attached hydrogens (tertiary/aromatic N) is 4. The summed E-state index contributed by atoms with van der Waals surface area (Å²) in [7, 11) is 0. The van der Waals surface area contributed by atoms with Gasteiger partial charge in [-0.2, -0.15) is 5.11 Å². The van der Waals surface area contributed by atoms with Gasteiger partial charge in [-0.1, -0.05) is 59.9 Å². The molecule has 2 aromatic carbocycles. The summed E-state index contributed by atoms with van der Waals surface area (Å²) in [4.78, 5) is 35.7. The van der Waals surface area contributed by atoms with Gasteiger partial charge in [-0.15, -0.1) is 18.3 Å². The van der Waals surface area contributed by atoms with E-state index in [0.717, 1.165) is 5.04 Å². The van der Waals surface area contributed by atoms with Crippen LogP contribution in [0.2, 0.25) is 0 Å². The van der Waals surface area contributed by atoms with Crippen molar-refractivity contribution in [1.82, 2.24) is 0 Å². The van der Waals surface area contributed by atoms with Crippen LogP contribution in [0.25, 0.3) is 0 Å². The number of fused-ring (bicyclic) bond motifs is 2. The molecule has 0 spiro atoms. The fraction of sp³-hybridized carbons (Fsp3) is 0.214. The lowest BCUT2D eigenvalue weighted by Gasteiger charge is -2.25. The first-order valence-electron chi connectivity index (χ1n) is 11.7. The van der Waals surface area contributed by atoms with Crippen LogP contribution in [0.1, 0.15) is 40.0 Å². The van der Waals surface area contributed by atoms with E-state index >= 15 is 0 Å². The van der Waals surface area contributed by atoms with Crippen molar-refractivity contribution in [3.8, 4) is 0 Å². The molecule has 3 atom stereocenters. The maximum absolute atomic E-state index is 13.1. The summed E-state index contributed by atoms with van der Waals surface area (Å²) in [5.74, 6) is -0.595. The lowest BCUT2D eigenvalue weighted by Crippen LogP contribution is -2.26. The molecule has 0 aliphatic carbocycles. The van der Waals surface area contributed by atoms with Gasteiger partial charge < -0.3 is 0 Å². The average molecular weight is 513 g/mol. The zero-order chi connectivity index (χ0) is 25.1. The third-order valence-electron chi connectivity index (χ3n) is 6.08. The smallest absolute Gasteiger partial charge is 0.174 e. The molecule has 5 rings (SSSR count). The van der Waals surface area contributed by atoms with E-state index in [9.17, 15) is 9.59 Å². The first-order valence-corrected chi connectivity index (χ1v) is 13.4. The van der Waals surface area contributed by atoms with Crippen molar-refractivity contribution in [1.29, 1.82) is 0 Å². The second-order valence-electron chi connectivity index (χ2n) is 8.48. The zero-order valence-electron chi connectivity index (χ0n) is 19.5. The molecule has 0 bridgehead atoms. The molecule has 2 aromatic rings. The van der Waals surface area contributed by atoms with Crippen LogP contribution in [0.15, 0.2) is 105 Å². The SMILES string of the molecule is C=CC[C@H]1C(=O)c2ccccc2N=C1SC1=CC[C@H](SC2=Nc3ccccc3C(=O)[C@@H]2CC=C)N=N1. The molecule has 0 saturated carbocycles. The standard InChI is InChI=1S/C28H24N4O2S2/c1-3-9-19-25(33)17-11-5-7-13-21(17)29-27(19)35-23-15-16-24(32-31-23)36-28-20(10-4-2)26(34)18-12-6-8-14-22(18)30-28/h3-8,11-15,19-20,24H,1-2,9-10,16H2/t19-,20-,24-/m0/s1. The number of carbonyl (C=O) groups is 2. The summed E-state index contributed by atoms with van der Waals surface area (Å²) in [5.41, 5.74) is 2.66. The predicted octanol–water partition coefficient (Wildman–Crippen LogP) is 7.71. The Balaban J connectivity index is 1.32. The Morgan fingerprint density at radius 1 is 0.833 bits per heavy atom. The van der Waals surface area contributed by atoms with Crippen LogP contribution >= 0.6 is 23.5 Å². The third kappa shape index (κ3) is 4.83. The molecule has 8 heteroatoms. The molecule has 0 unspecified atom stereocenters. The summed E-state index contributed by atoms with van der Waals surface area (Å²) in [5, 5.41) is 10.9. The molecule has 0 radical (unpaired) electrons. The van der Waals surface area contributed by atoms with E-state index < -0.39 is 0 Å². The fourth-order valence-corrected chi connectivity index (χ4v) is 6.35. The first-order chi connectivity index (χ1) is 17.6. The van der Waals surface area contributed by atoms with Crippen molar-refractivity contribution < 1.29 is 9.59 Å². The minimum atomic E-state index is -0.368. The van der Waals surface area contributed by atoms with Crippen molar-refractivity contribution in [2.24, 2.45) is 32.0 Å². The average Bonchev–Trinajstić information content (AvgIpc) is 2.90. The van der Waals surface area contributed by atoms with Crippen molar-refractivity contribution in [2.45, 2.75) is 24.6 Å². The van der Waals surface area contributed by atoms with Crippen molar-refractivity contribution >= 4 is 56.6 Å². The number of azo groups is 1. The summed E-state index contributed by atoms with van der Waals surface area (Å²) >= 11 is 2.85. The quantitative estimate of drug-likeness (QED) is 0.371. The van der Waals surface area contributed by atoms with Crippen molar-refractivity contribution in [3.05, 3.63) is 96.1 Å². The molecule has 0 N–H and O–H groups in total. The summed E-state index contributed by atoms with van der Waals surface area (Å²) in [6.45, 7) is 7.63. The number of aliphatic imine (C=N–C) groups is 2. The Kier molecular flexibility index (Phi) is 7.25.